The smallest absolute Gasteiger partial charge is 0.204 e. The molecule has 0 saturated carbocycles. The van der Waals surface area contributed by atoms with Gasteiger partial charge in [0.05, 0.1) is 11.9 Å². The second-order valence-corrected chi connectivity index (χ2v) is 4.40. The normalized spacial score (nSPS) is 11.1. The molecule has 1 N–H and O–H groups in total. The number of nitrogens with zero attached hydrogens (tertiary/aromatic N) is 3. The quantitative estimate of drug-likeness (QED) is 0.799. The largest absolute Gasteiger partial charge is 0.348 e. The number of anilines is 1. The van der Waals surface area contributed by atoms with Crippen molar-refractivity contribution in [3.63, 3.8) is 0 Å². The van der Waals surface area contributed by atoms with Gasteiger partial charge in [-0.3, -0.25) is 0 Å². The maximum absolute atomic E-state index is 4.39. The van der Waals surface area contributed by atoms with E-state index in [-0.39, 0.29) is 0 Å². The van der Waals surface area contributed by atoms with E-state index in [0.29, 0.717) is 6.04 Å². The fourth-order valence-corrected chi connectivity index (χ4v) is 1.84. The first-order valence-corrected chi connectivity index (χ1v) is 6.01. The van der Waals surface area contributed by atoms with Crippen molar-refractivity contribution in [2.24, 2.45) is 7.05 Å². The van der Waals surface area contributed by atoms with E-state index in [9.17, 15) is 0 Å². The van der Waals surface area contributed by atoms with E-state index in [1.807, 2.05) is 25.2 Å². The average molecular weight is 224 g/mol. The maximum atomic E-state index is 4.39. The van der Waals surface area contributed by atoms with Crippen LogP contribution in [0, 0.1) is 0 Å². The molecule has 0 aromatic carbocycles. The van der Waals surface area contributed by atoms with Gasteiger partial charge >= 0.3 is 0 Å². The first kappa shape index (κ1) is 13.0. The Morgan fingerprint density at radius 3 is 2.44 bits per heavy atom. The van der Waals surface area contributed by atoms with E-state index in [0.717, 1.165) is 12.5 Å². The second-order valence-electron chi connectivity index (χ2n) is 4.40. The summed E-state index contributed by atoms with van der Waals surface area (Å²) in [5, 5.41) is 3.55. The summed E-state index contributed by atoms with van der Waals surface area (Å²) in [7, 11) is 6.09. The van der Waals surface area contributed by atoms with Crippen LogP contribution < -0.4 is 10.2 Å². The standard InChI is InChI=1S/C12H24N4/c1-6-10(7-2)13-8-11-9-14-12(15(3)4)16(11)5/h9-10,13H,6-8H2,1-5H3. The van der Waals surface area contributed by atoms with Gasteiger partial charge in [-0.15, -0.1) is 0 Å². The molecule has 1 heterocycles. The highest BCUT2D eigenvalue weighted by molar-refractivity contribution is 5.30. The molecular formula is C12H24N4. The predicted molar refractivity (Wildman–Crippen MR) is 68.7 cm³/mol. The summed E-state index contributed by atoms with van der Waals surface area (Å²) in [6, 6.07) is 0.609. The monoisotopic (exact) mass is 224 g/mol. The van der Waals surface area contributed by atoms with Gasteiger partial charge in [0.1, 0.15) is 0 Å². The van der Waals surface area contributed by atoms with E-state index in [1.165, 1.54) is 18.5 Å². The minimum Gasteiger partial charge on any atom is -0.348 e. The number of nitrogens with one attached hydrogen (secondary N) is 1. The second kappa shape index (κ2) is 5.89. The summed E-state index contributed by atoms with van der Waals surface area (Å²) in [6.45, 7) is 5.33. The molecule has 0 aliphatic rings. The molecule has 0 radical (unpaired) electrons. The fourth-order valence-electron chi connectivity index (χ4n) is 1.84. The van der Waals surface area contributed by atoms with E-state index in [2.05, 4.69) is 35.8 Å². The van der Waals surface area contributed by atoms with Crippen molar-refractivity contribution in [2.45, 2.75) is 39.3 Å². The lowest BCUT2D eigenvalue weighted by Crippen LogP contribution is -2.28. The molecule has 0 atom stereocenters. The topological polar surface area (TPSA) is 33.1 Å². The summed E-state index contributed by atoms with van der Waals surface area (Å²) in [4.78, 5) is 6.42. The summed E-state index contributed by atoms with van der Waals surface area (Å²) >= 11 is 0. The van der Waals surface area contributed by atoms with Crippen LogP contribution in [0.1, 0.15) is 32.4 Å². The molecule has 1 aromatic heterocycles. The van der Waals surface area contributed by atoms with Crippen molar-refractivity contribution < 1.29 is 0 Å². The van der Waals surface area contributed by atoms with Crippen molar-refractivity contribution in [3.8, 4) is 0 Å². The van der Waals surface area contributed by atoms with Gasteiger partial charge in [-0.1, -0.05) is 13.8 Å². The number of imidazole rings is 1. The Hall–Kier alpha value is -1.03. The molecule has 0 saturated heterocycles. The Bertz CT molecular complexity index is 313. The molecule has 4 nitrogen and oxygen atoms in total. The van der Waals surface area contributed by atoms with Gasteiger partial charge in [-0.25, -0.2) is 4.98 Å². The lowest BCUT2D eigenvalue weighted by atomic mass is 10.2. The van der Waals surface area contributed by atoms with Gasteiger partial charge in [-0.05, 0) is 12.8 Å². The Labute approximate surface area is 98.7 Å². The molecular weight excluding hydrogens is 200 g/mol. The van der Waals surface area contributed by atoms with E-state index >= 15 is 0 Å². The minimum atomic E-state index is 0.609. The van der Waals surface area contributed by atoms with Crippen LogP contribution >= 0.6 is 0 Å². The summed E-state index contributed by atoms with van der Waals surface area (Å²) in [5.41, 5.74) is 1.23. The maximum Gasteiger partial charge on any atom is 0.204 e. The van der Waals surface area contributed by atoms with Crippen molar-refractivity contribution in [2.75, 3.05) is 19.0 Å². The average Bonchev–Trinajstić information content (AvgIpc) is 2.62. The number of rotatable bonds is 6. The molecule has 4 heteroatoms. The molecule has 1 rings (SSSR count). The van der Waals surface area contributed by atoms with Crippen molar-refractivity contribution in [1.29, 1.82) is 0 Å². The molecule has 1 aromatic rings. The van der Waals surface area contributed by atoms with Gasteiger partial charge in [0.25, 0.3) is 0 Å². The zero-order chi connectivity index (χ0) is 12.1. The van der Waals surface area contributed by atoms with Gasteiger partial charge in [0.2, 0.25) is 5.95 Å². The molecule has 92 valence electrons. The fraction of sp³-hybridized carbons (Fsp3) is 0.750. The Balaban J connectivity index is 2.61. The van der Waals surface area contributed by atoms with Crippen molar-refractivity contribution >= 4 is 5.95 Å². The lowest BCUT2D eigenvalue weighted by Gasteiger charge is -2.16. The first-order valence-electron chi connectivity index (χ1n) is 6.01. The molecule has 0 aliphatic heterocycles. The van der Waals surface area contributed by atoms with Gasteiger partial charge in [0.15, 0.2) is 0 Å². The Morgan fingerprint density at radius 1 is 1.38 bits per heavy atom. The van der Waals surface area contributed by atoms with Crippen LogP contribution in [0.2, 0.25) is 0 Å². The lowest BCUT2D eigenvalue weighted by molar-refractivity contribution is 0.476. The predicted octanol–water partition coefficient (Wildman–Crippen LogP) is 1.76. The molecule has 0 spiro atoms. The van der Waals surface area contributed by atoms with E-state index < -0.39 is 0 Å². The molecule has 0 fully saturated rings. The summed E-state index contributed by atoms with van der Waals surface area (Å²) in [5.74, 6) is 1.00. The van der Waals surface area contributed by atoms with Crippen LogP contribution in [0.15, 0.2) is 6.20 Å². The number of aromatic nitrogens is 2. The zero-order valence-electron chi connectivity index (χ0n) is 11.1. The van der Waals surface area contributed by atoms with Crippen LogP contribution in [0.5, 0.6) is 0 Å². The Kier molecular flexibility index (Phi) is 4.80. The molecule has 0 bridgehead atoms. The van der Waals surface area contributed by atoms with Gasteiger partial charge in [0, 0.05) is 33.7 Å². The van der Waals surface area contributed by atoms with Crippen LogP contribution in [0.25, 0.3) is 0 Å². The summed E-state index contributed by atoms with van der Waals surface area (Å²) < 4.78 is 2.13. The minimum absolute atomic E-state index is 0.609. The van der Waals surface area contributed by atoms with Gasteiger partial charge in [-0.2, -0.15) is 0 Å². The highest BCUT2D eigenvalue weighted by Crippen LogP contribution is 2.11. The molecule has 0 unspecified atom stereocenters. The highest BCUT2D eigenvalue weighted by atomic mass is 15.3. The number of hydrogen-bond donors (Lipinski definition) is 1. The number of hydrogen-bond acceptors (Lipinski definition) is 3. The van der Waals surface area contributed by atoms with Gasteiger partial charge < -0.3 is 14.8 Å². The first-order chi connectivity index (χ1) is 7.60. The van der Waals surface area contributed by atoms with E-state index in [4.69, 9.17) is 0 Å². The van der Waals surface area contributed by atoms with Crippen molar-refractivity contribution in [1.82, 2.24) is 14.9 Å². The third-order valence-corrected chi connectivity index (χ3v) is 3.02. The third-order valence-electron chi connectivity index (χ3n) is 3.02. The van der Waals surface area contributed by atoms with Crippen molar-refractivity contribution in [3.05, 3.63) is 11.9 Å². The van der Waals surface area contributed by atoms with Crippen LogP contribution in [-0.4, -0.2) is 29.7 Å². The molecule has 0 amide bonds. The SMILES string of the molecule is CCC(CC)NCc1cnc(N(C)C)n1C. The molecule has 16 heavy (non-hydrogen) atoms. The highest BCUT2D eigenvalue weighted by Gasteiger charge is 2.09. The van der Waals surface area contributed by atoms with Crippen LogP contribution in [0.4, 0.5) is 5.95 Å². The van der Waals surface area contributed by atoms with E-state index in [1.54, 1.807) is 0 Å². The van der Waals surface area contributed by atoms with Crippen LogP contribution in [-0.2, 0) is 13.6 Å². The molecule has 0 aliphatic carbocycles. The zero-order valence-corrected chi connectivity index (χ0v) is 11.1. The summed E-state index contributed by atoms with van der Waals surface area (Å²) in [6.07, 6.45) is 4.30. The Morgan fingerprint density at radius 2 is 2.00 bits per heavy atom. The third kappa shape index (κ3) is 2.98. The van der Waals surface area contributed by atoms with Crippen LogP contribution in [0.3, 0.4) is 0 Å².